The van der Waals surface area contributed by atoms with Crippen LogP contribution < -0.4 is 0 Å². The van der Waals surface area contributed by atoms with Crippen LogP contribution in [0.4, 0.5) is 0 Å². The van der Waals surface area contributed by atoms with Crippen LogP contribution in [0.15, 0.2) is 9.98 Å². The zero-order valence-electron chi connectivity index (χ0n) is 20.1. The first-order valence-corrected chi connectivity index (χ1v) is 14.7. The van der Waals surface area contributed by atoms with Crippen LogP contribution >= 0.6 is 0 Å². The van der Waals surface area contributed by atoms with Crippen LogP contribution in [-0.2, 0) is 31.4 Å². The Labute approximate surface area is 188 Å². The first-order valence-electron chi connectivity index (χ1n) is 10.8. The van der Waals surface area contributed by atoms with Gasteiger partial charge in [0.15, 0.2) is 0 Å². The summed E-state index contributed by atoms with van der Waals surface area (Å²) in [6.07, 6.45) is 3.67. The average Bonchev–Trinajstić information content (AvgIpc) is 2.68. The minimum Gasteiger partial charge on any atom is -0.371 e. The molecule has 1 aliphatic rings. The highest BCUT2D eigenvalue weighted by atomic mass is 28.5. The van der Waals surface area contributed by atoms with E-state index in [0.717, 1.165) is 0 Å². The predicted molar refractivity (Wildman–Crippen MR) is 120 cm³/mol. The third-order valence-corrected chi connectivity index (χ3v) is 12.0. The maximum absolute atomic E-state index is 10.5. The molecule has 0 amide bonds. The molecular weight excluding hydrogens is 436 g/mol. The molecule has 1 aliphatic heterocycles. The number of hydrogen-bond donors (Lipinski definition) is 0. The summed E-state index contributed by atoms with van der Waals surface area (Å²) in [5.74, 6) is 0. The van der Waals surface area contributed by atoms with Gasteiger partial charge < -0.3 is 21.8 Å². The molecule has 0 spiro atoms. The molecule has 0 saturated carbocycles. The van der Waals surface area contributed by atoms with E-state index in [4.69, 9.17) is 21.8 Å². The highest BCUT2D eigenvalue weighted by Gasteiger charge is 2.60. The molecule has 9 nitrogen and oxygen atoms in total. The molecule has 0 aromatic rings. The van der Waals surface area contributed by atoms with Gasteiger partial charge in [0.2, 0.25) is 12.2 Å². The van der Waals surface area contributed by atoms with Crippen LogP contribution in [0.2, 0.25) is 12.1 Å². The third-order valence-electron chi connectivity index (χ3n) is 4.26. The summed E-state index contributed by atoms with van der Waals surface area (Å²) >= 11 is 0. The number of nitrogens with zero attached hydrogens (tertiary/aromatic N) is 2. The van der Waals surface area contributed by atoms with Gasteiger partial charge in [0.1, 0.15) is 0 Å². The molecule has 0 bridgehead atoms. The van der Waals surface area contributed by atoms with Crippen LogP contribution in [-0.4, -0.2) is 66.3 Å². The van der Waals surface area contributed by atoms with Gasteiger partial charge in [-0.3, -0.25) is 0 Å². The zero-order chi connectivity index (χ0) is 23.8. The van der Waals surface area contributed by atoms with E-state index in [9.17, 15) is 9.59 Å². The monoisotopic (exact) mass is 474 g/mol. The Morgan fingerprint density at radius 1 is 0.774 bits per heavy atom. The van der Waals surface area contributed by atoms with Crippen molar-refractivity contribution in [3.8, 4) is 0 Å². The van der Waals surface area contributed by atoms with Gasteiger partial charge in [0, 0.05) is 12.1 Å². The molecule has 0 aromatic carbocycles. The molecule has 1 fully saturated rings. The van der Waals surface area contributed by atoms with Crippen molar-refractivity contribution in [3.05, 3.63) is 0 Å². The van der Waals surface area contributed by atoms with Gasteiger partial charge in [-0.2, -0.15) is 0 Å². The first kappa shape index (κ1) is 28.0. The second-order valence-electron chi connectivity index (χ2n) is 9.70. The van der Waals surface area contributed by atoms with E-state index in [1.54, 1.807) is 12.2 Å². The summed E-state index contributed by atoms with van der Waals surface area (Å²) < 4.78 is 32.6. The molecule has 1 rings (SSSR count). The summed E-state index contributed by atoms with van der Waals surface area (Å²) in [4.78, 5) is 28.3. The van der Waals surface area contributed by atoms with Gasteiger partial charge in [-0.15, -0.1) is 0 Å². The molecule has 1 heterocycles. The molecule has 4 unspecified atom stereocenters. The highest BCUT2D eigenvalue weighted by Crippen LogP contribution is 2.38. The van der Waals surface area contributed by atoms with Crippen molar-refractivity contribution in [1.82, 2.24) is 0 Å². The van der Waals surface area contributed by atoms with Gasteiger partial charge in [-0.05, 0) is 68.2 Å². The van der Waals surface area contributed by atoms with Crippen LogP contribution in [0, 0.1) is 0 Å². The smallest absolute Gasteiger partial charge is 0.371 e. The summed E-state index contributed by atoms with van der Waals surface area (Å²) in [6.45, 7) is 16.2. The summed E-state index contributed by atoms with van der Waals surface area (Å²) in [5, 5.41) is 0. The molecule has 178 valence electrons. The van der Waals surface area contributed by atoms with Crippen molar-refractivity contribution in [2.24, 2.45) is 9.98 Å². The quantitative estimate of drug-likeness (QED) is 0.205. The summed E-state index contributed by atoms with van der Waals surface area (Å²) in [6, 6.07) is 0.926. The second-order valence-corrected chi connectivity index (χ2v) is 15.1. The van der Waals surface area contributed by atoms with Gasteiger partial charge >= 0.3 is 17.6 Å². The number of carbonyl (C=O) groups excluding carboxylic acids is 2. The Bertz CT molecular complexity index is 613. The van der Waals surface area contributed by atoms with E-state index in [1.165, 1.54) is 0 Å². The average molecular weight is 475 g/mol. The fourth-order valence-corrected chi connectivity index (χ4v) is 11.8. The van der Waals surface area contributed by atoms with Crippen molar-refractivity contribution >= 4 is 29.8 Å². The minimum absolute atomic E-state index is 0.283. The number of rotatable bonds is 10. The van der Waals surface area contributed by atoms with Crippen molar-refractivity contribution < 1.29 is 31.4 Å². The summed E-state index contributed by atoms with van der Waals surface area (Å²) in [7, 11) is -6.63. The largest absolute Gasteiger partial charge is 0.494 e. The Morgan fingerprint density at radius 3 is 1.42 bits per heavy atom. The van der Waals surface area contributed by atoms with Crippen molar-refractivity contribution in [3.63, 3.8) is 0 Å². The van der Waals surface area contributed by atoms with Crippen LogP contribution in [0.1, 0.15) is 68.2 Å². The Balaban J connectivity index is 3.40. The molecule has 11 heteroatoms. The third kappa shape index (κ3) is 10.4. The normalized spacial score (nSPS) is 29.5. The van der Waals surface area contributed by atoms with E-state index in [2.05, 4.69) is 9.98 Å². The lowest BCUT2D eigenvalue weighted by molar-refractivity contribution is -0.00673. The highest BCUT2D eigenvalue weighted by molar-refractivity contribution is 6.75. The molecule has 0 aromatic heterocycles. The van der Waals surface area contributed by atoms with E-state index in [1.807, 2.05) is 55.4 Å². The fraction of sp³-hybridized carbons (Fsp3) is 0.900. The Hall–Kier alpha value is -1.01. The van der Waals surface area contributed by atoms with Gasteiger partial charge in [-0.1, -0.05) is 0 Å². The maximum Gasteiger partial charge on any atom is 0.494 e. The molecule has 4 atom stereocenters. The zero-order valence-corrected chi connectivity index (χ0v) is 22.1. The standard InChI is InChI=1S/C20H38N2O7Si2/c1-17-18(2)26-31(28-20(6,7)8,14-10-12-22-16-24)29-30(25-17,27-19(3,4)5)13-9-11-21-15-23/h17-18H,9-14H2,1-8H3. The fourth-order valence-electron chi connectivity index (χ4n) is 3.23. The second kappa shape index (κ2) is 11.7. The van der Waals surface area contributed by atoms with Gasteiger partial charge in [-0.25, -0.2) is 19.6 Å². The van der Waals surface area contributed by atoms with Crippen LogP contribution in [0.5, 0.6) is 0 Å². The lowest BCUT2D eigenvalue weighted by Gasteiger charge is -2.41. The van der Waals surface area contributed by atoms with Crippen LogP contribution in [0.3, 0.4) is 0 Å². The molecule has 0 radical (unpaired) electrons. The van der Waals surface area contributed by atoms with Crippen molar-refractivity contribution in [2.45, 2.75) is 104 Å². The minimum atomic E-state index is -3.31. The van der Waals surface area contributed by atoms with Gasteiger partial charge in [0.25, 0.3) is 0 Å². The molecule has 0 N–H and O–H groups in total. The predicted octanol–water partition coefficient (Wildman–Crippen LogP) is 3.79. The lowest BCUT2D eigenvalue weighted by atomic mass is 10.2. The van der Waals surface area contributed by atoms with Crippen molar-refractivity contribution in [2.75, 3.05) is 13.1 Å². The topological polar surface area (TPSA) is 105 Å². The van der Waals surface area contributed by atoms with Crippen LogP contribution in [0.25, 0.3) is 0 Å². The SMILES string of the molecule is CC1O[Si](CCCN=C=O)(OC(C)(C)C)O[Si](CCCN=C=O)(OC(C)(C)C)OC1C. The first-order chi connectivity index (χ1) is 14.3. The number of hydrogen-bond acceptors (Lipinski definition) is 9. The maximum atomic E-state index is 10.5. The molecular formula is C20H38N2O7Si2. The Kier molecular flexibility index (Phi) is 10.6. The van der Waals surface area contributed by atoms with E-state index >= 15 is 0 Å². The lowest BCUT2D eigenvalue weighted by Crippen LogP contribution is -2.60. The molecule has 0 aliphatic carbocycles. The van der Waals surface area contributed by atoms with E-state index < -0.39 is 28.8 Å². The van der Waals surface area contributed by atoms with Gasteiger partial charge in [0.05, 0.1) is 36.5 Å². The number of aliphatic imine (C=N–C) groups is 2. The van der Waals surface area contributed by atoms with E-state index in [-0.39, 0.29) is 12.2 Å². The molecule has 1 saturated heterocycles. The molecule has 31 heavy (non-hydrogen) atoms. The summed E-state index contributed by atoms with van der Waals surface area (Å²) in [5.41, 5.74) is -1.06. The van der Waals surface area contributed by atoms with Crippen molar-refractivity contribution in [1.29, 1.82) is 0 Å². The van der Waals surface area contributed by atoms with E-state index in [0.29, 0.717) is 38.0 Å². The number of isocyanates is 2. The Morgan fingerprint density at radius 2 is 1.13 bits per heavy atom.